The van der Waals surface area contributed by atoms with Crippen LogP contribution in [0.3, 0.4) is 0 Å². The van der Waals surface area contributed by atoms with E-state index in [0.717, 1.165) is 0 Å². The van der Waals surface area contributed by atoms with Gasteiger partial charge in [-0.15, -0.1) is 0 Å². The second-order valence-corrected chi connectivity index (χ2v) is 6.23. The van der Waals surface area contributed by atoms with Crippen LogP contribution in [0.5, 0.6) is 5.88 Å². The molecular weight excluding hydrogens is 286 g/mol. The molecule has 0 aliphatic heterocycles. The van der Waals surface area contributed by atoms with E-state index in [-0.39, 0.29) is 25.1 Å². The Morgan fingerprint density at radius 1 is 1.32 bits per heavy atom. The molecule has 8 nitrogen and oxygen atoms in total. The summed E-state index contributed by atoms with van der Waals surface area (Å²) in [6.07, 6.45) is 2.12. The Morgan fingerprint density at radius 3 is 2.64 bits per heavy atom. The average Bonchev–Trinajstić information content (AvgIpc) is 2.79. The molecular formula is C14H23N5O3. The van der Waals surface area contributed by atoms with Gasteiger partial charge in [0, 0.05) is 25.7 Å². The molecule has 122 valence electrons. The lowest BCUT2D eigenvalue weighted by molar-refractivity contribution is 0.126. The van der Waals surface area contributed by atoms with Gasteiger partial charge in [-0.1, -0.05) is 0 Å². The van der Waals surface area contributed by atoms with Crippen molar-refractivity contribution in [2.75, 3.05) is 18.9 Å². The van der Waals surface area contributed by atoms with E-state index in [2.05, 4.69) is 15.0 Å². The van der Waals surface area contributed by atoms with E-state index in [1.807, 2.05) is 20.8 Å². The van der Waals surface area contributed by atoms with Gasteiger partial charge in [0.1, 0.15) is 5.60 Å². The lowest BCUT2D eigenvalue weighted by atomic mass is 10.1. The van der Waals surface area contributed by atoms with Crippen LogP contribution < -0.4 is 10.5 Å². The average molecular weight is 309 g/mol. The zero-order valence-electron chi connectivity index (χ0n) is 13.2. The summed E-state index contributed by atoms with van der Waals surface area (Å²) in [7, 11) is 0. The van der Waals surface area contributed by atoms with Crippen LogP contribution in [0.2, 0.25) is 0 Å². The molecule has 0 bridgehead atoms. The molecule has 2 rings (SSSR count). The molecule has 0 radical (unpaired) electrons. The maximum absolute atomic E-state index is 9.36. The van der Waals surface area contributed by atoms with E-state index in [9.17, 15) is 5.11 Å². The number of ether oxygens (including phenoxy) is 1. The minimum Gasteiger partial charge on any atom is -0.470 e. The number of aromatic nitrogens is 4. The number of rotatable bonds is 6. The van der Waals surface area contributed by atoms with Gasteiger partial charge in [0.25, 0.3) is 0 Å². The van der Waals surface area contributed by atoms with Crippen LogP contribution in [0.15, 0.2) is 6.33 Å². The van der Waals surface area contributed by atoms with Crippen LogP contribution >= 0.6 is 0 Å². The van der Waals surface area contributed by atoms with E-state index in [0.29, 0.717) is 30.0 Å². The number of nitrogen functional groups attached to an aromatic ring is 1. The maximum atomic E-state index is 9.36. The smallest absolute Gasteiger partial charge is 0.247 e. The normalized spacial score (nSPS) is 13.5. The Bertz CT molecular complexity index is 635. The first-order valence-electron chi connectivity index (χ1n) is 7.23. The van der Waals surface area contributed by atoms with Crippen molar-refractivity contribution < 1.29 is 14.9 Å². The first kappa shape index (κ1) is 16.4. The maximum Gasteiger partial charge on any atom is 0.247 e. The summed E-state index contributed by atoms with van der Waals surface area (Å²) in [4.78, 5) is 12.6. The highest BCUT2D eigenvalue weighted by Crippen LogP contribution is 2.26. The largest absolute Gasteiger partial charge is 0.470 e. The topological polar surface area (TPSA) is 119 Å². The van der Waals surface area contributed by atoms with Gasteiger partial charge in [0.2, 0.25) is 11.8 Å². The Labute approximate surface area is 129 Å². The molecule has 4 N–H and O–H groups in total. The molecule has 0 aliphatic carbocycles. The van der Waals surface area contributed by atoms with Gasteiger partial charge in [-0.2, -0.15) is 9.97 Å². The number of hydrogen-bond donors (Lipinski definition) is 3. The zero-order chi connectivity index (χ0) is 16.3. The van der Waals surface area contributed by atoms with Gasteiger partial charge < -0.3 is 25.3 Å². The molecule has 8 heteroatoms. The molecule has 0 spiro atoms. The highest BCUT2D eigenvalue weighted by molar-refractivity contribution is 5.77. The van der Waals surface area contributed by atoms with Crippen LogP contribution in [0.25, 0.3) is 11.2 Å². The molecule has 0 fully saturated rings. The molecule has 0 aliphatic rings. The molecule has 2 aromatic rings. The van der Waals surface area contributed by atoms with Crippen molar-refractivity contribution in [2.24, 2.45) is 5.92 Å². The first-order chi connectivity index (χ1) is 10.3. The van der Waals surface area contributed by atoms with Crippen LogP contribution in [-0.2, 0) is 6.54 Å². The Morgan fingerprint density at radius 2 is 2.05 bits per heavy atom. The van der Waals surface area contributed by atoms with Gasteiger partial charge in [0.15, 0.2) is 11.2 Å². The third-order valence-corrected chi connectivity index (χ3v) is 3.10. The highest BCUT2D eigenvalue weighted by atomic mass is 16.5. The van der Waals surface area contributed by atoms with Crippen LogP contribution in [0.4, 0.5) is 5.95 Å². The minimum atomic E-state index is -0.429. The Balaban J connectivity index is 2.38. The van der Waals surface area contributed by atoms with Crippen LogP contribution in [0, 0.1) is 5.92 Å². The van der Waals surface area contributed by atoms with Crippen molar-refractivity contribution in [1.29, 1.82) is 0 Å². The van der Waals surface area contributed by atoms with Gasteiger partial charge in [-0.05, 0) is 27.2 Å². The zero-order valence-corrected chi connectivity index (χ0v) is 13.2. The Kier molecular flexibility index (Phi) is 4.82. The third-order valence-electron chi connectivity index (χ3n) is 3.10. The van der Waals surface area contributed by atoms with Crippen molar-refractivity contribution in [3.8, 4) is 5.88 Å². The van der Waals surface area contributed by atoms with Gasteiger partial charge >= 0.3 is 0 Å². The second kappa shape index (κ2) is 6.45. The fourth-order valence-corrected chi connectivity index (χ4v) is 2.13. The first-order valence-corrected chi connectivity index (χ1v) is 7.23. The summed E-state index contributed by atoms with van der Waals surface area (Å²) in [5.41, 5.74) is 6.42. The minimum absolute atomic E-state index is 0.0212. The number of aliphatic hydroxyl groups is 2. The fraction of sp³-hybridized carbons (Fsp3) is 0.643. The summed E-state index contributed by atoms with van der Waals surface area (Å²) < 4.78 is 7.58. The number of imidazole rings is 1. The monoisotopic (exact) mass is 309 g/mol. The quantitative estimate of drug-likeness (QED) is 0.714. The molecule has 2 aromatic heterocycles. The molecule has 1 atom stereocenters. The van der Waals surface area contributed by atoms with Crippen molar-refractivity contribution in [1.82, 2.24) is 19.5 Å². The molecule has 1 unspecified atom stereocenters. The van der Waals surface area contributed by atoms with E-state index >= 15 is 0 Å². The summed E-state index contributed by atoms with van der Waals surface area (Å²) in [5, 5.41) is 18.4. The SMILES string of the molecule is CC(C)(C)Oc1nc(N)nc2c1ncn2CC(CO)CCO. The number of aliphatic hydroxyl groups excluding tert-OH is 2. The Hall–Kier alpha value is -1.93. The van der Waals surface area contributed by atoms with Crippen molar-refractivity contribution >= 4 is 17.1 Å². The van der Waals surface area contributed by atoms with Gasteiger partial charge in [-0.3, -0.25) is 0 Å². The predicted octanol–water partition coefficient (Wildman–Crippen LogP) is 0.577. The number of hydrogen-bond acceptors (Lipinski definition) is 7. The molecule has 0 aromatic carbocycles. The van der Waals surface area contributed by atoms with Gasteiger partial charge in [-0.25, -0.2) is 4.98 Å². The molecule has 0 amide bonds. The van der Waals surface area contributed by atoms with Crippen molar-refractivity contribution in [2.45, 2.75) is 39.3 Å². The summed E-state index contributed by atoms with van der Waals surface area (Å²) in [5.74, 6) is 0.373. The van der Waals surface area contributed by atoms with Crippen molar-refractivity contribution in [3.63, 3.8) is 0 Å². The predicted molar refractivity (Wildman–Crippen MR) is 82.4 cm³/mol. The van der Waals surface area contributed by atoms with E-state index in [1.54, 1.807) is 10.9 Å². The fourth-order valence-electron chi connectivity index (χ4n) is 2.13. The highest BCUT2D eigenvalue weighted by Gasteiger charge is 2.20. The van der Waals surface area contributed by atoms with E-state index in [4.69, 9.17) is 15.6 Å². The van der Waals surface area contributed by atoms with Crippen molar-refractivity contribution in [3.05, 3.63) is 6.33 Å². The van der Waals surface area contributed by atoms with Crippen LogP contribution in [-0.4, -0.2) is 48.5 Å². The van der Waals surface area contributed by atoms with E-state index in [1.165, 1.54) is 0 Å². The summed E-state index contributed by atoms with van der Waals surface area (Å²) in [6, 6.07) is 0. The van der Waals surface area contributed by atoms with Gasteiger partial charge in [0.05, 0.1) is 6.33 Å². The third kappa shape index (κ3) is 3.83. The summed E-state index contributed by atoms with van der Waals surface area (Å²) >= 11 is 0. The molecule has 22 heavy (non-hydrogen) atoms. The number of nitrogens with zero attached hydrogens (tertiary/aromatic N) is 4. The number of anilines is 1. The summed E-state index contributed by atoms with van der Waals surface area (Å²) in [6.45, 7) is 6.23. The molecule has 0 saturated carbocycles. The lowest BCUT2D eigenvalue weighted by Crippen LogP contribution is -2.24. The number of nitrogens with two attached hydrogens (primary N) is 1. The second-order valence-electron chi connectivity index (χ2n) is 6.23. The molecule has 2 heterocycles. The van der Waals surface area contributed by atoms with E-state index < -0.39 is 5.60 Å². The van der Waals surface area contributed by atoms with Crippen LogP contribution in [0.1, 0.15) is 27.2 Å². The standard InChI is InChI=1S/C14H23N5O3/c1-14(2,3)22-12-10-11(17-13(15)18-12)19(8-16-10)6-9(7-21)4-5-20/h8-9,20-21H,4-7H2,1-3H3,(H2,15,17,18). The number of fused-ring (bicyclic) bond motifs is 1. The molecule has 0 saturated heterocycles. The lowest BCUT2D eigenvalue weighted by Gasteiger charge is -2.20.